The van der Waals surface area contributed by atoms with Gasteiger partial charge < -0.3 is 15.1 Å². The monoisotopic (exact) mass is 273 g/mol. The number of piperazine rings is 1. The standard InChI is InChI=1S/C15H19N3O2/c1-17-9-7-16-12(15(17)20)10-14(19)18-8-6-11-4-2-3-5-13(11)18/h2-5,12,16H,6-10H2,1H3. The smallest absolute Gasteiger partial charge is 0.240 e. The molecule has 2 aliphatic rings. The van der Waals surface area contributed by atoms with Gasteiger partial charge in [0.15, 0.2) is 0 Å². The second-order valence-corrected chi connectivity index (χ2v) is 5.39. The number of anilines is 1. The van der Waals surface area contributed by atoms with E-state index in [2.05, 4.69) is 11.4 Å². The first-order valence-electron chi connectivity index (χ1n) is 7.03. The van der Waals surface area contributed by atoms with E-state index in [1.807, 2.05) is 18.2 Å². The minimum absolute atomic E-state index is 0.0112. The van der Waals surface area contributed by atoms with Crippen molar-refractivity contribution >= 4 is 17.5 Å². The molecule has 20 heavy (non-hydrogen) atoms. The van der Waals surface area contributed by atoms with Gasteiger partial charge in [0, 0.05) is 32.4 Å². The van der Waals surface area contributed by atoms with Crippen molar-refractivity contribution in [2.24, 2.45) is 0 Å². The molecule has 0 bridgehead atoms. The van der Waals surface area contributed by atoms with Gasteiger partial charge in [0.1, 0.15) is 0 Å². The molecular weight excluding hydrogens is 254 g/mol. The van der Waals surface area contributed by atoms with Gasteiger partial charge in [0.2, 0.25) is 11.8 Å². The van der Waals surface area contributed by atoms with Crippen LogP contribution in [0.3, 0.4) is 0 Å². The zero-order chi connectivity index (χ0) is 14.1. The largest absolute Gasteiger partial charge is 0.343 e. The molecule has 1 unspecified atom stereocenters. The molecule has 2 aliphatic heterocycles. The van der Waals surface area contributed by atoms with Crippen molar-refractivity contribution in [1.82, 2.24) is 10.2 Å². The number of hydrogen-bond donors (Lipinski definition) is 1. The summed E-state index contributed by atoms with van der Waals surface area (Å²) in [5.41, 5.74) is 2.20. The Hall–Kier alpha value is -1.88. The third-order valence-electron chi connectivity index (χ3n) is 4.08. The number of nitrogens with zero attached hydrogens (tertiary/aromatic N) is 2. The number of rotatable bonds is 2. The Morgan fingerprint density at radius 3 is 3.00 bits per heavy atom. The highest BCUT2D eigenvalue weighted by atomic mass is 16.2. The topological polar surface area (TPSA) is 52.7 Å². The number of para-hydroxylation sites is 1. The SMILES string of the molecule is CN1CCNC(CC(=O)N2CCc3ccccc32)C1=O. The summed E-state index contributed by atoms with van der Waals surface area (Å²) >= 11 is 0. The van der Waals surface area contributed by atoms with Crippen LogP contribution in [0.2, 0.25) is 0 Å². The first-order valence-corrected chi connectivity index (χ1v) is 7.03. The molecule has 2 heterocycles. The molecule has 0 aromatic heterocycles. The maximum absolute atomic E-state index is 12.4. The van der Waals surface area contributed by atoms with Crippen molar-refractivity contribution in [2.75, 3.05) is 31.6 Å². The molecule has 106 valence electrons. The fourth-order valence-corrected chi connectivity index (χ4v) is 2.91. The van der Waals surface area contributed by atoms with Gasteiger partial charge in [-0.05, 0) is 18.1 Å². The molecule has 1 aromatic rings. The van der Waals surface area contributed by atoms with Crippen LogP contribution in [0, 0.1) is 0 Å². The molecule has 5 nitrogen and oxygen atoms in total. The number of benzene rings is 1. The number of carbonyl (C=O) groups excluding carboxylic acids is 2. The van der Waals surface area contributed by atoms with Crippen molar-refractivity contribution in [3.05, 3.63) is 29.8 Å². The maximum Gasteiger partial charge on any atom is 0.240 e. The summed E-state index contributed by atoms with van der Waals surface area (Å²) in [5, 5.41) is 3.14. The molecular formula is C15H19N3O2. The lowest BCUT2D eigenvalue weighted by atomic mass is 10.1. The normalized spacial score (nSPS) is 22.1. The minimum atomic E-state index is -0.381. The summed E-state index contributed by atoms with van der Waals surface area (Å²) in [4.78, 5) is 27.9. The van der Waals surface area contributed by atoms with Crippen LogP contribution < -0.4 is 10.2 Å². The predicted molar refractivity (Wildman–Crippen MR) is 76.5 cm³/mol. The minimum Gasteiger partial charge on any atom is -0.343 e. The molecule has 1 fully saturated rings. The molecule has 0 spiro atoms. The van der Waals surface area contributed by atoms with E-state index in [-0.39, 0.29) is 24.3 Å². The van der Waals surface area contributed by atoms with Crippen molar-refractivity contribution in [1.29, 1.82) is 0 Å². The van der Waals surface area contributed by atoms with E-state index < -0.39 is 0 Å². The highest BCUT2D eigenvalue weighted by Gasteiger charge is 2.31. The molecule has 1 aromatic carbocycles. The Morgan fingerprint density at radius 1 is 1.35 bits per heavy atom. The Bertz CT molecular complexity index is 544. The van der Waals surface area contributed by atoms with Gasteiger partial charge in [-0.2, -0.15) is 0 Å². The molecule has 1 N–H and O–H groups in total. The summed E-state index contributed by atoms with van der Waals surface area (Å²) < 4.78 is 0. The zero-order valence-electron chi connectivity index (χ0n) is 11.6. The molecule has 1 atom stereocenters. The number of fused-ring (bicyclic) bond motifs is 1. The van der Waals surface area contributed by atoms with Crippen LogP contribution in [0.4, 0.5) is 5.69 Å². The number of amides is 2. The number of hydrogen-bond acceptors (Lipinski definition) is 3. The van der Waals surface area contributed by atoms with E-state index in [4.69, 9.17) is 0 Å². The lowest BCUT2D eigenvalue weighted by Gasteiger charge is -2.31. The first-order chi connectivity index (χ1) is 9.66. The van der Waals surface area contributed by atoms with Gasteiger partial charge in [-0.25, -0.2) is 0 Å². The van der Waals surface area contributed by atoms with Crippen LogP contribution in [0.1, 0.15) is 12.0 Å². The van der Waals surface area contributed by atoms with Crippen LogP contribution >= 0.6 is 0 Å². The molecule has 0 aliphatic carbocycles. The number of nitrogens with one attached hydrogen (secondary N) is 1. The van der Waals surface area contributed by atoms with Crippen LogP contribution in [-0.4, -0.2) is 49.4 Å². The Kier molecular flexibility index (Phi) is 3.44. The average Bonchev–Trinajstić information content (AvgIpc) is 2.88. The van der Waals surface area contributed by atoms with E-state index in [0.29, 0.717) is 6.54 Å². The quantitative estimate of drug-likeness (QED) is 0.848. The highest BCUT2D eigenvalue weighted by Crippen LogP contribution is 2.28. The summed E-state index contributed by atoms with van der Waals surface area (Å²) in [6, 6.07) is 7.59. The van der Waals surface area contributed by atoms with Gasteiger partial charge in [-0.3, -0.25) is 9.59 Å². The summed E-state index contributed by atoms with van der Waals surface area (Å²) in [6.07, 6.45) is 1.13. The molecule has 0 radical (unpaired) electrons. The fraction of sp³-hybridized carbons (Fsp3) is 0.467. The molecule has 5 heteroatoms. The predicted octanol–water partition coefficient (Wildman–Crippen LogP) is 0.396. The van der Waals surface area contributed by atoms with Crippen molar-refractivity contribution in [2.45, 2.75) is 18.9 Å². The highest BCUT2D eigenvalue weighted by molar-refractivity contribution is 5.98. The molecule has 2 amide bonds. The lowest BCUT2D eigenvalue weighted by molar-refractivity contribution is -0.136. The third-order valence-corrected chi connectivity index (χ3v) is 4.08. The van der Waals surface area contributed by atoms with E-state index in [1.54, 1.807) is 16.8 Å². The van der Waals surface area contributed by atoms with E-state index in [9.17, 15) is 9.59 Å². The maximum atomic E-state index is 12.4. The Labute approximate surface area is 118 Å². The van der Waals surface area contributed by atoms with E-state index in [1.165, 1.54) is 5.56 Å². The van der Waals surface area contributed by atoms with Gasteiger partial charge in [0.25, 0.3) is 0 Å². The second kappa shape index (κ2) is 5.25. The molecule has 0 saturated carbocycles. The fourth-order valence-electron chi connectivity index (χ4n) is 2.91. The van der Waals surface area contributed by atoms with Crippen LogP contribution in [-0.2, 0) is 16.0 Å². The lowest BCUT2D eigenvalue weighted by Crippen LogP contribution is -2.55. The van der Waals surface area contributed by atoms with Gasteiger partial charge in [0.05, 0.1) is 12.5 Å². The third kappa shape index (κ3) is 2.29. The van der Waals surface area contributed by atoms with Crippen LogP contribution in [0.5, 0.6) is 0 Å². The molecule has 1 saturated heterocycles. The number of carbonyl (C=O) groups is 2. The van der Waals surface area contributed by atoms with Crippen molar-refractivity contribution < 1.29 is 9.59 Å². The van der Waals surface area contributed by atoms with Crippen LogP contribution in [0.25, 0.3) is 0 Å². The summed E-state index contributed by atoms with van der Waals surface area (Å²) in [5.74, 6) is 0.0354. The Morgan fingerprint density at radius 2 is 2.15 bits per heavy atom. The Balaban J connectivity index is 1.70. The first kappa shape index (κ1) is 13.1. The zero-order valence-corrected chi connectivity index (χ0v) is 11.6. The van der Waals surface area contributed by atoms with Gasteiger partial charge >= 0.3 is 0 Å². The van der Waals surface area contributed by atoms with Crippen molar-refractivity contribution in [3.8, 4) is 0 Å². The summed E-state index contributed by atoms with van der Waals surface area (Å²) in [7, 11) is 1.78. The number of likely N-dealkylation sites (N-methyl/N-ethyl adjacent to an activating group) is 1. The van der Waals surface area contributed by atoms with Gasteiger partial charge in [-0.1, -0.05) is 18.2 Å². The van der Waals surface area contributed by atoms with Crippen molar-refractivity contribution in [3.63, 3.8) is 0 Å². The van der Waals surface area contributed by atoms with Crippen LogP contribution in [0.15, 0.2) is 24.3 Å². The average molecular weight is 273 g/mol. The van der Waals surface area contributed by atoms with E-state index in [0.717, 1.165) is 25.2 Å². The molecule has 3 rings (SSSR count). The van der Waals surface area contributed by atoms with Gasteiger partial charge in [-0.15, -0.1) is 0 Å². The summed E-state index contributed by atoms with van der Waals surface area (Å²) in [6.45, 7) is 2.17. The van der Waals surface area contributed by atoms with E-state index >= 15 is 0 Å². The second-order valence-electron chi connectivity index (χ2n) is 5.39.